The van der Waals surface area contributed by atoms with Crippen molar-refractivity contribution in [3.8, 4) is 11.1 Å². The molecule has 0 bridgehead atoms. The minimum Gasteiger partial charge on any atom is -0.361 e. The number of aromatic nitrogens is 1. The molecule has 1 atom stereocenters. The maximum absolute atomic E-state index is 11.9. The van der Waals surface area contributed by atoms with Crippen molar-refractivity contribution in [2.24, 2.45) is 0 Å². The summed E-state index contributed by atoms with van der Waals surface area (Å²) in [4.78, 5) is 13.7. The quantitative estimate of drug-likeness (QED) is 0.922. The second-order valence-corrected chi connectivity index (χ2v) is 5.85. The van der Waals surface area contributed by atoms with Crippen LogP contribution in [0.1, 0.15) is 30.0 Å². The Hall–Kier alpha value is -2.14. The summed E-state index contributed by atoms with van der Waals surface area (Å²) in [6.45, 7) is 6.21. The van der Waals surface area contributed by atoms with Crippen molar-refractivity contribution in [1.29, 1.82) is 0 Å². The maximum Gasteiger partial charge on any atom is 0.234 e. The molecule has 0 radical (unpaired) electrons. The fraction of sp³-hybridized carbons (Fsp3) is 0.412. The van der Waals surface area contributed by atoms with Crippen LogP contribution in [0.25, 0.3) is 11.1 Å². The van der Waals surface area contributed by atoms with E-state index in [0.717, 1.165) is 28.1 Å². The zero-order chi connectivity index (χ0) is 16.3. The van der Waals surface area contributed by atoms with E-state index in [-0.39, 0.29) is 11.9 Å². The van der Waals surface area contributed by atoms with Gasteiger partial charge in [-0.15, -0.1) is 0 Å². The van der Waals surface area contributed by atoms with Crippen LogP contribution in [-0.4, -0.2) is 36.6 Å². The lowest BCUT2D eigenvalue weighted by molar-refractivity contribution is -0.122. The summed E-state index contributed by atoms with van der Waals surface area (Å²) >= 11 is 0. The first-order chi connectivity index (χ1) is 10.4. The van der Waals surface area contributed by atoms with Crippen molar-refractivity contribution in [3.05, 3.63) is 41.3 Å². The summed E-state index contributed by atoms with van der Waals surface area (Å²) in [7, 11) is 3.75. The van der Waals surface area contributed by atoms with Crippen LogP contribution in [0, 0.1) is 13.8 Å². The first kappa shape index (κ1) is 16.2. The van der Waals surface area contributed by atoms with Crippen molar-refractivity contribution in [3.63, 3.8) is 0 Å². The van der Waals surface area contributed by atoms with Gasteiger partial charge in [-0.2, -0.15) is 0 Å². The summed E-state index contributed by atoms with van der Waals surface area (Å²) < 4.78 is 5.23. The van der Waals surface area contributed by atoms with E-state index < -0.39 is 0 Å². The largest absolute Gasteiger partial charge is 0.361 e. The Bertz CT molecular complexity index is 642. The molecule has 0 fully saturated rings. The number of nitrogens with one attached hydrogen (secondary N) is 1. The van der Waals surface area contributed by atoms with Crippen LogP contribution in [0.3, 0.4) is 0 Å². The highest BCUT2D eigenvalue weighted by Gasteiger charge is 2.14. The van der Waals surface area contributed by atoms with Gasteiger partial charge in [-0.25, -0.2) is 0 Å². The van der Waals surface area contributed by atoms with Gasteiger partial charge in [0, 0.05) is 5.56 Å². The zero-order valence-corrected chi connectivity index (χ0v) is 13.8. The summed E-state index contributed by atoms with van der Waals surface area (Å²) in [5.41, 5.74) is 4.01. The molecule has 1 aromatic carbocycles. The van der Waals surface area contributed by atoms with Crippen LogP contribution in [0.5, 0.6) is 0 Å². The molecule has 0 saturated heterocycles. The second-order valence-electron chi connectivity index (χ2n) is 5.85. The van der Waals surface area contributed by atoms with Gasteiger partial charge in [0.15, 0.2) is 0 Å². The predicted octanol–water partition coefficient (Wildman–Crippen LogP) is 2.70. The third kappa shape index (κ3) is 3.74. The Balaban J connectivity index is 2.20. The Morgan fingerprint density at radius 2 is 2.09 bits per heavy atom. The number of amides is 1. The Morgan fingerprint density at radius 1 is 1.36 bits per heavy atom. The molecule has 5 nitrogen and oxygen atoms in total. The molecule has 5 heteroatoms. The van der Waals surface area contributed by atoms with Crippen molar-refractivity contribution >= 4 is 5.91 Å². The molecule has 0 spiro atoms. The van der Waals surface area contributed by atoms with Gasteiger partial charge in [-0.3, -0.25) is 4.79 Å². The molecule has 22 heavy (non-hydrogen) atoms. The second kappa shape index (κ2) is 6.75. The Morgan fingerprint density at radius 3 is 2.68 bits per heavy atom. The minimum atomic E-state index is -0.0483. The highest BCUT2D eigenvalue weighted by molar-refractivity contribution is 5.78. The molecular formula is C17H23N3O2. The average Bonchev–Trinajstić information content (AvgIpc) is 2.77. The topological polar surface area (TPSA) is 58.4 Å². The van der Waals surface area contributed by atoms with Gasteiger partial charge in [0.2, 0.25) is 5.91 Å². The lowest BCUT2D eigenvalue weighted by atomic mass is 9.99. The van der Waals surface area contributed by atoms with Crippen LogP contribution < -0.4 is 5.32 Å². The molecular weight excluding hydrogens is 278 g/mol. The number of hydrogen-bond acceptors (Lipinski definition) is 4. The van der Waals surface area contributed by atoms with E-state index in [0.29, 0.717) is 6.54 Å². The fourth-order valence-electron chi connectivity index (χ4n) is 2.52. The van der Waals surface area contributed by atoms with Gasteiger partial charge in [0.1, 0.15) is 5.76 Å². The number of rotatable bonds is 5. The molecule has 0 aliphatic heterocycles. The van der Waals surface area contributed by atoms with E-state index in [4.69, 9.17) is 4.52 Å². The summed E-state index contributed by atoms with van der Waals surface area (Å²) in [5.74, 6) is 0.819. The lowest BCUT2D eigenvalue weighted by Gasteiger charge is -2.17. The van der Waals surface area contributed by atoms with Crippen molar-refractivity contribution in [2.75, 3.05) is 20.6 Å². The summed E-state index contributed by atoms with van der Waals surface area (Å²) in [5, 5.41) is 7.01. The smallest absolute Gasteiger partial charge is 0.234 e. The first-order valence-corrected chi connectivity index (χ1v) is 7.35. The molecule has 2 aromatic rings. The van der Waals surface area contributed by atoms with Crippen LogP contribution in [0.2, 0.25) is 0 Å². The molecule has 0 aliphatic rings. The molecule has 1 aromatic heterocycles. The third-order valence-corrected chi connectivity index (χ3v) is 3.55. The lowest BCUT2D eigenvalue weighted by Crippen LogP contribution is -2.34. The van der Waals surface area contributed by atoms with E-state index in [2.05, 4.69) is 16.5 Å². The van der Waals surface area contributed by atoms with Crippen LogP contribution >= 0.6 is 0 Å². The van der Waals surface area contributed by atoms with Crippen molar-refractivity contribution in [2.45, 2.75) is 26.8 Å². The fourth-order valence-corrected chi connectivity index (χ4v) is 2.52. The van der Waals surface area contributed by atoms with Gasteiger partial charge in [-0.1, -0.05) is 23.4 Å². The maximum atomic E-state index is 11.9. The SMILES string of the molecule is Cc1noc(C)c1-c1cccc([C@H](C)NC(=O)CN(C)C)c1. The van der Waals surface area contributed by atoms with Crippen molar-refractivity contribution < 1.29 is 9.32 Å². The number of nitrogens with zero attached hydrogens (tertiary/aromatic N) is 2. The van der Waals surface area contributed by atoms with Gasteiger partial charge < -0.3 is 14.7 Å². The Labute approximate surface area is 131 Å². The highest BCUT2D eigenvalue weighted by Crippen LogP contribution is 2.28. The monoisotopic (exact) mass is 301 g/mol. The molecule has 1 N–H and O–H groups in total. The van der Waals surface area contributed by atoms with E-state index in [1.165, 1.54) is 0 Å². The van der Waals surface area contributed by atoms with Crippen LogP contribution in [-0.2, 0) is 4.79 Å². The van der Waals surface area contributed by atoms with Gasteiger partial charge in [0.05, 0.1) is 18.3 Å². The molecule has 0 unspecified atom stereocenters. The number of likely N-dealkylation sites (N-methyl/N-ethyl adjacent to an activating group) is 1. The van der Waals surface area contributed by atoms with Crippen molar-refractivity contribution in [1.82, 2.24) is 15.4 Å². The van der Waals surface area contributed by atoms with Gasteiger partial charge >= 0.3 is 0 Å². The average molecular weight is 301 g/mol. The standard InChI is InChI=1S/C17H23N3O2/c1-11(18-16(21)10-20(4)5)14-7-6-8-15(9-14)17-12(2)19-22-13(17)3/h6-9,11H,10H2,1-5H3,(H,18,21)/t11-/m0/s1. The number of hydrogen-bond donors (Lipinski definition) is 1. The van der Waals surface area contributed by atoms with Gasteiger partial charge in [-0.05, 0) is 52.1 Å². The van der Waals surface area contributed by atoms with Gasteiger partial charge in [0.25, 0.3) is 0 Å². The molecule has 1 amide bonds. The number of carbonyl (C=O) groups excluding carboxylic acids is 1. The molecule has 2 rings (SSSR count). The van der Waals surface area contributed by atoms with E-state index in [1.54, 1.807) is 0 Å². The Kier molecular flexibility index (Phi) is 4.98. The number of carbonyl (C=O) groups is 1. The number of aryl methyl sites for hydroxylation is 2. The molecule has 0 aliphatic carbocycles. The van der Waals surface area contributed by atoms with Crippen LogP contribution in [0.4, 0.5) is 0 Å². The van der Waals surface area contributed by atoms with E-state index >= 15 is 0 Å². The zero-order valence-electron chi connectivity index (χ0n) is 13.8. The summed E-state index contributed by atoms with van der Waals surface area (Å²) in [6, 6.07) is 8.07. The predicted molar refractivity (Wildman–Crippen MR) is 86.5 cm³/mol. The number of benzene rings is 1. The van der Waals surface area contributed by atoms with E-state index in [1.807, 2.05) is 58.0 Å². The molecule has 0 saturated carbocycles. The molecule has 1 heterocycles. The summed E-state index contributed by atoms with van der Waals surface area (Å²) in [6.07, 6.45) is 0. The molecule has 118 valence electrons. The first-order valence-electron chi connectivity index (χ1n) is 7.35. The highest BCUT2D eigenvalue weighted by atomic mass is 16.5. The minimum absolute atomic E-state index is 0.0141. The third-order valence-electron chi connectivity index (χ3n) is 3.55. The van der Waals surface area contributed by atoms with Crippen LogP contribution in [0.15, 0.2) is 28.8 Å². The van der Waals surface area contributed by atoms with E-state index in [9.17, 15) is 4.79 Å². The normalized spacial score (nSPS) is 12.5.